The maximum atomic E-state index is 12.5. The lowest BCUT2D eigenvalue weighted by molar-refractivity contribution is 0.0954. The monoisotopic (exact) mass is 366 g/mol. The fourth-order valence-electron chi connectivity index (χ4n) is 2.62. The van der Waals surface area contributed by atoms with Crippen molar-refractivity contribution in [2.75, 3.05) is 7.11 Å². The molecule has 1 N–H and O–H groups in total. The number of aryl methyl sites for hydroxylation is 2. The molecule has 4 nitrogen and oxygen atoms in total. The minimum atomic E-state index is -0.0905. The molecule has 0 aliphatic heterocycles. The van der Waals surface area contributed by atoms with Crippen LogP contribution in [0.15, 0.2) is 48.5 Å². The number of carbonyl (C=O) groups excluding carboxylic acids is 1. The Morgan fingerprint density at radius 3 is 2.35 bits per heavy atom. The molecule has 1 amide bonds. The Balaban J connectivity index is 1.69. The number of nitrogens with one attached hydrogen (secondary N) is 1. The van der Waals surface area contributed by atoms with Gasteiger partial charge in [-0.1, -0.05) is 43.3 Å². The van der Waals surface area contributed by atoms with Crippen molar-refractivity contribution in [2.24, 2.45) is 0 Å². The first-order chi connectivity index (χ1) is 12.6. The highest BCUT2D eigenvalue weighted by Crippen LogP contribution is 2.28. The fraction of sp³-hybridized carbons (Fsp3) is 0.238. The first-order valence-electron chi connectivity index (χ1n) is 8.58. The van der Waals surface area contributed by atoms with Crippen molar-refractivity contribution in [3.8, 4) is 16.3 Å². The highest BCUT2D eigenvalue weighted by Gasteiger charge is 2.16. The molecule has 134 valence electrons. The summed E-state index contributed by atoms with van der Waals surface area (Å²) in [6.45, 7) is 4.48. The third-order valence-electron chi connectivity index (χ3n) is 4.22. The molecule has 3 aromatic rings. The second-order valence-corrected chi connectivity index (χ2v) is 7.01. The lowest BCUT2D eigenvalue weighted by Gasteiger charge is -2.05. The Morgan fingerprint density at radius 2 is 1.73 bits per heavy atom. The van der Waals surface area contributed by atoms with E-state index in [4.69, 9.17) is 4.74 Å². The van der Waals surface area contributed by atoms with Crippen molar-refractivity contribution in [3.63, 3.8) is 0 Å². The number of ether oxygens (including phenoxy) is 1. The van der Waals surface area contributed by atoms with Crippen LogP contribution in [0.2, 0.25) is 0 Å². The lowest BCUT2D eigenvalue weighted by Crippen LogP contribution is -2.22. The van der Waals surface area contributed by atoms with Gasteiger partial charge in [0.05, 0.1) is 12.8 Å². The number of thiazole rings is 1. The summed E-state index contributed by atoms with van der Waals surface area (Å²) in [4.78, 5) is 17.8. The number of benzene rings is 2. The number of rotatable bonds is 6. The topological polar surface area (TPSA) is 51.2 Å². The third kappa shape index (κ3) is 4.11. The van der Waals surface area contributed by atoms with Crippen LogP contribution in [0.4, 0.5) is 0 Å². The SMILES string of the molecule is CCc1ccc(-c2nc(C)c(C(=O)NCc3ccc(OC)cc3)s2)cc1. The Bertz CT molecular complexity index is 883. The standard InChI is InChI=1S/C21H22N2O2S/c1-4-15-5-9-17(10-6-15)21-23-14(2)19(26-21)20(24)22-13-16-7-11-18(25-3)12-8-16/h5-12H,4,13H2,1-3H3,(H,22,24). The maximum absolute atomic E-state index is 12.5. The summed E-state index contributed by atoms with van der Waals surface area (Å²) in [6.07, 6.45) is 1.01. The summed E-state index contributed by atoms with van der Waals surface area (Å²) in [7, 11) is 1.64. The van der Waals surface area contributed by atoms with Gasteiger partial charge in [-0.3, -0.25) is 4.79 Å². The van der Waals surface area contributed by atoms with Gasteiger partial charge in [-0.2, -0.15) is 0 Å². The normalized spacial score (nSPS) is 10.6. The summed E-state index contributed by atoms with van der Waals surface area (Å²) in [5, 5.41) is 3.84. The van der Waals surface area contributed by atoms with Crippen molar-refractivity contribution >= 4 is 17.2 Å². The van der Waals surface area contributed by atoms with Gasteiger partial charge in [0.25, 0.3) is 5.91 Å². The molecular weight excluding hydrogens is 344 g/mol. The number of amides is 1. The molecule has 0 saturated carbocycles. The fourth-order valence-corrected chi connectivity index (χ4v) is 3.61. The third-order valence-corrected chi connectivity index (χ3v) is 5.43. The zero-order chi connectivity index (χ0) is 18.5. The van der Waals surface area contributed by atoms with Gasteiger partial charge in [-0.05, 0) is 36.6 Å². The number of nitrogens with zero attached hydrogens (tertiary/aromatic N) is 1. The second kappa shape index (κ2) is 8.15. The molecule has 1 aromatic heterocycles. The van der Waals surface area contributed by atoms with Crippen LogP contribution in [-0.2, 0) is 13.0 Å². The van der Waals surface area contributed by atoms with Gasteiger partial charge in [-0.15, -0.1) is 11.3 Å². The van der Waals surface area contributed by atoms with E-state index < -0.39 is 0 Å². The average molecular weight is 366 g/mol. The van der Waals surface area contributed by atoms with Gasteiger partial charge in [0.2, 0.25) is 0 Å². The van der Waals surface area contributed by atoms with Crippen molar-refractivity contribution in [1.82, 2.24) is 10.3 Å². The molecule has 0 bridgehead atoms. The van der Waals surface area contributed by atoms with Crippen LogP contribution in [0.5, 0.6) is 5.75 Å². The Kier molecular flexibility index (Phi) is 5.68. The molecule has 0 fully saturated rings. The Morgan fingerprint density at radius 1 is 1.08 bits per heavy atom. The van der Waals surface area contributed by atoms with Crippen LogP contribution >= 0.6 is 11.3 Å². The number of methoxy groups -OCH3 is 1. The quantitative estimate of drug-likeness (QED) is 0.692. The van der Waals surface area contributed by atoms with Crippen LogP contribution in [0.3, 0.4) is 0 Å². The first-order valence-corrected chi connectivity index (χ1v) is 9.40. The molecule has 0 atom stereocenters. The maximum Gasteiger partial charge on any atom is 0.263 e. The highest BCUT2D eigenvalue weighted by atomic mass is 32.1. The molecule has 26 heavy (non-hydrogen) atoms. The van der Waals surface area contributed by atoms with Crippen LogP contribution in [0.25, 0.3) is 10.6 Å². The van der Waals surface area contributed by atoms with Crippen LogP contribution in [0, 0.1) is 6.92 Å². The summed E-state index contributed by atoms with van der Waals surface area (Å²) in [5.41, 5.74) is 4.12. The average Bonchev–Trinajstić information content (AvgIpc) is 3.08. The zero-order valence-corrected chi connectivity index (χ0v) is 16.0. The molecular formula is C21H22N2O2S. The zero-order valence-electron chi connectivity index (χ0n) is 15.2. The van der Waals surface area contributed by atoms with Crippen LogP contribution in [0.1, 0.15) is 33.4 Å². The summed E-state index contributed by atoms with van der Waals surface area (Å²) < 4.78 is 5.15. The van der Waals surface area contributed by atoms with Crippen molar-refractivity contribution in [1.29, 1.82) is 0 Å². The lowest BCUT2D eigenvalue weighted by atomic mass is 10.1. The smallest absolute Gasteiger partial charge is 0.263 e. The molecule has 3 rings (SSSR count). The minimum absolute atomic E-state index is 0.0905. The van der Waals surface area contributed by atoms with E-state index in [0.29, 0.717) is 11.4 Å². The van der Waals surface area contributed by atoms with Crippen molar-refractivity contribution < 1.29 is 9.53 Å². The molecule has 0 unspecified atom stereocenters. The van der Waals surface area contributed by atoms with Crippen molar-refractivity contribution in [2.45, 2.75) is 26.8 Å². The minimum Gasteiger partial charge on any atom is -0.497 e. The van der Waals surface area contributed by atoms with E-state index in [1.807, 2.05) is 31.2 Å². The number of hydrogen-bond acceptors (Lipinski definition) is 4. The highest BCUT2D eigenvalue weighted by molar-refractivity contribution is 7.17. The van der Waals surface area contributed by atoms with Crippen molar-refractivity contribution in [3.05, 3.63) is 70.2 Å². The van der Waals surface area contributed by atoms with Crippen LogP contribution in [-0.4, -0.2) is 18.0 Å². The molecule has 2 aromatic carbocycles. The van der Waals surface area contributed by atoms with Gasteiger partial charge in [0.15, 0.2) is 0 Å². The van der Waals surface area contributed by atoms with E-state index in [9.17, 15) is 4.79 Å². The van der Waals surface area contributed by atoms with Crippen LogP contribution < -0.4 is 10.1 Å². The van der Waals surface area contributed by atoms with Gasteiger partial charge >= 0.3 is 0 Å². The number of hydrogen-bond donors (Lipinski definition) is 1. The van der Waals surface area contributed by atoms with Gasteiger partial charge in [0.1, 0.15) is 15.6 Å². The second-order valence-electron chi connectivity index (χ2n) is 6.01. The number of carbonyl (C=O) groups is 1. The predicted octanol–water partition coefficient (Wildman–Crippen LogP) is 4.62. The van der Waals surface area contributed by atoms with E-state index in [-0.39, 0.29) is 5.91 Å². The predicted molar refractivity (Wildman–Crippen MR) is 106 cm³/mol. The summed E-state index contributed by atoms with van der Waals surface area (Å²) >= 11 is 1.43. The van der Waals surface area contributed by atoms with E-state index >= 15 is 0 Å². The van der Waals surface area contributed by atoms with Gasteiger partial charge in [0, 0.05) is 12.1 Å². The molecule has 0 saturated heterocycles. The van der Waals surface area contributed by atoms with Gasteiger partial charge in [-0.25, -0.2) is 4.98 Å². The Hall–Kier alpha value is -2.66. The molecule has 0 radical (unpaired) electrons. The largest absolute Gasteiger partial charge is 0.497 e. The molecule has 5 heteroatoms. The van der Waals surface area contributed by atoms with E-state index in [2.05, 4.69) is 41.5 Å². The van der Waals surface area contributed by atoms with Gasteiger partial charge < -0.3 is 10.1 Å². The molecule has 0 aliphatic rings. The van der Waals surface area contributed by atoms with E-state index in [1.54, 1.807) is 7.11 Å². The Labute approximate surface area is 157 Å². The molecule has 1 heterocycles. The van der Waals surface area contributed by atoms with E-state index in [0.717, 1.165) is 34.0 Å². The first kappa shape index (κ1) is 18.1. The summed E-state index contributed by atoms with van der Waals surface area (Å²) in [5.74, 6) is 0.712. The molecule has 0 aliphatic carbocycles. The molecule has 0 spiro atoms. The number of aromatic nitrogens is 1. The summed E-state index contributed by atoms with van der Waals surface area (Å²) in [6, 6.07) is 16.0. The van der Waals surface area contributed by atoms with E-state index in [1.165, 1.54) is 16.9 Å².